The fourth-order valence-electron chi connectivity index (χ4n) is 2.12. The molecule has 0 aliphatic heterocycles. The van der Waals surface area contributed by atoms with Crippen molar-refractivity contribution >= 4 is 17.3 Å². The summed E-state index contributed by atoms with van der Waals surface area (Å²) in [4.78, 5) is 17.2. The van der Waals surface area contributed by atoms with Crippen molar-refractivity contribution in [3.05, 3.63) is 58.3 Å². The van der Waals surface area contributed by atoms with Gasteiger partial charge in [0.2, 0.25) is 5.82 Å². The van der Waals surface area contributed by atoms with Crippen LogP contribution in [0.25, 0.3) is 10.7 Å². The van der Waals surface area contributed by atoms with Gasteiger partial charge in [-0.3, -0.25) is 0 Å². The Balaban J connectivity index is 1.66. The van der Waals surface area contributed by atoms with E-state index in [4.69, 9.17) is 9.26 Å². The highest BCUT2D eigenvalue weighted by Gasteiger charge is 2.13. The van der Waals surface area contributed by atoms with E-state index in [2.05, 4.69) is 10.1 Å². The first-order chi connectivity index (χ1) is 10.6. The first-order valence-corrected chi connectivity index (χ1v) is 7.61. The molecule has 0 saturated carbocycles. The van der Waals surface area contributed by atoms with Gasteiger partial charge in [0.1, 0.15) is 0 Å². The van der Waals surface area contributed by atoms with Crippen LogP contribution in [0.4, 0.5) is 0 Å². The largest absolute Gasteiger partial charge is 0.452 e. The lowest BCUT2D eigenvalue weighted by atomic mass is 10.1. The van der Waals surface area contributed by atoms with E-state index < -0.39 is 5.97 Å². The number of rotatable bonds is 4. The Morgan fingerprint density at radius 1 is 1.27 bits per heavy atom. The van der Waals surface area contributed by atoms with Gasteiger partial charge in [-0.25, -0.2) is 4.79 Å². The van der Waals surface area contributed by atoms with E-state index in [9.17, 15) is 4.79 Å². The van der Waals surface area contributed by atoms with E-state index in [-0.39, 0.29) is 12.5 Å². The van der Waals surface area contributed by atoms with Gasteiger partial charge in [-0.2, -0.15) is 4.98 Å². The number of esters is 1. The number of thiophene rings is 1. The van der Waals surface area contributed by atoms with Gasteiger partial charge in [0.15, 0.2) is 6.61 Å². The van der Waals surface area contributed by atoms with Gasteiger partial charge in [0.05, 0.1) is 10.4 Å². The minimum Gasteiger partial charge on any atom is -0.452 e. The molecule has 0 fully saturated rings. The molecule has 0 radical (unpaired) electrons. The number of carbonyl (C=O) groups excluding carboxylic acids is 1. The Hall–Kier alpha value is -2.47. The standard InChI is InChI=1S/C16H14N2O3S/c1-10-6-11(2)8-12(7-10)16(19)20-9-14-17-15(18-21-14)13-4-3-5-22-13/h3-8H,9H2,1-2H3. The van der Waals surface area contributed by atoms with Crippen molar-refractivity contribution in [1.82, 2.24) is 10.1 Å². The topological polar surface area (TPSA) is 65.2 Å². The van der Waals surface area contributed by atoms with Crippen LogP contribution in [0.15, 0.2) is 40.2 Å². The molecule has 0 saturated heterocycles. The number of ether oxygens (including phenoxy) is 1. The molecule has 0 unspecified atom stereocenters. The van der Waals surface area contributed by atoms with E-state index in [0.717, 1.165) is 16.0 Å². The maximum atomic E-state index is 12.0. The van der Waals surface area contributed by atoms with Crippen molar-refractivity contribution in [2.24, 2.45) is 0 Å². The van der Waals surface area contributed by atoms with E-state index >= 15 is 0 Å². The SMILES string of the molecule is Cc1cc(C)cc(C(=O)OCc2nc(-c3cccs3)no2)c1. The molecule has 112 valence electrons. The number of nitrogens with zero attached hydrogens (tertiary/aromatic N) is 2. The molecular formula is C16H14N2O3S. The van der Waals surface area contributed by atoms with Crippen LogP contribution in [0, 0.1) is 13.8 Å². The Bertz CT molecular complexity index is 773. The molecule has 3 rings (SSSR count). The first kappa shape index (κ1) is 14.5. The first-order valence-electron chi connectivity index (χ1n) is 6.74. The third-order valence-corrected chi connectivity index (χ3v) is 3.86. The predicted molar refractivity (Wildman–Crippen MR) is 82.6 cm³/mol. The Labute approximate surface area is 131 Å². The molecule has 0 aliphatic carbocycles. The lowest BCUT2D eigenvalue weighted by Gasteiger charge is -2.04. The molecule has 2 aromatic heterocycles. The molecule has 0 aliphatic rings. The summed E-state index contributed by atoms with van der Waals surface area (Å²) in [6.45, 7) is 3.84. The molecule has 0 spiro atoms. The van der Waals surface area contributed by atoms with Crippen LogP contribution in [-0.4, -0.2) is 16.1 Å². The number of carbonyl (C=O) groups is 1. The van der Waals surface area contributed by atoms with Crippen molar-refractivity contribution < 1.29 is 14.1 Å². The van der Waals surface area contributed by atoms with Crippen LogP contribution in [0.3, 0.4) is 0 Å². The summed E-state index contributed by atoms with van der Waals surface area (Å²) < 4.78 is 10.3. The van der Waals surface area contributed by atoms with Gasteiger partial charge in [-0.1, -0.05) is 28.4 Å². The quantitative estimate of drug-likeness (QED) is 0.686. The van der Waals surface area contributed by atoms with Crippen LogP contribution in [0.5, 0.6) is 0 Å². The highest BCUT2D eigenvalue weighted by molar-refractivity contribution is 7.13. The minimum atomic E-state index is -0.400. The van der Waals surface area contributed by atoms with Crippen LogP contribution < -0.4 is 0 Å². The van der Waals surface area contributed by atoms with Gasteiger partial charge in [0.25, 0.3) is 5.89 Å². The van der Waals surface area contributed by atoms with Crippen LogP contribution in [0.1, 0.15) is 27.4 Å². The van der Waals surface area contributed by atoms with E-state index in [1.165, 1.54) is 11.3 Å². The lowest BCUT2D eigenvalue weighted by Crippen LogP contribution is -2.06. The van der Waals surface area contributed by atoms with Crippen molar-refractivity contribution in [3.8, 4) is 10.7 Å². The van der Waals surface area contributed by atoms with Crippen molar-refractivity contribution in [3.63, 3.8) is 0 Å². The van der Waals surface area contributed by atoms with Gasteiger partial charge in [0, 0.05) is 0 Å². The van der Waals surface area contributed by atoms with Crippen molar-refractivity contribution in [1.29, 1.82) is 0 Å². The van der Waals surface area contributed by atoms with Crippen LogP contribution in [0.2, 0.25) is 0 Å². The van der Waals surface area contributed by atoms with Crippen LogP contribution in [-0.2, 0) is 11.3 Å². The fraction of sp³-hybridized carbons (Fsp3) is 0.188. The second-order valence-electron chi connectivity index (χ2n) is 4.94. The molecular weight excluding hydrogens is 300 g/mol. The maximum absolute atomic E-state index is 12.0. The molecule has 6 heteroatoms. The predicted octanol–water partition coefficient (Wildman–Crippen LogP) is 3.77. The Morgan fingerprint density at radius 3 is 2.73 bits per heavy atom. The number of aryl methyl sites for hydroxylation is 2. The zero-order valence-corrected chi connectivity index (χ0v) is 13.0. The average molecular weight is 314 g/mol. The molecule has 1 aromatic carbocycles. The summed E-state index contributed by atoms with van der Waals surface area (Å²) in [5.41, 5.74) is 2.56. The molecule has 0 atom stereocenters. The summed E-state index contributed by atoms with van der Waals surface area (Å²) in [6.07, 6.45) is 0. The molecule has 22 heavy (non-hydrogen) atoms. The molecule has 5 nitrogen and oxygen atoms in total. The summed E-state index contributed by atoms with van der Waals surface area (Å²) in [7, 11) is 0. The molecule has 0 N–H and O–H groups in total. The second kappa shape index (κ2) is 6.11. The van der Waals surface area contributed by atoms with Gasteiger partial charge in [-0.15, -0.1) is 11.3 Å². The highest BCUT2D eigenvalue weighted by atomic mass is 32.1. The molecule has 0 bridgehead atoms. The average Bonchev–Trinajstić information content (AvgIpc) is 3.14. The lowest BCUT2D eigenvalue weighted by molar-refractivity contribution is 0.0429. The molecule has 3 aromatic rings. The second-order valence-corrected chi connectivity index (χ2v) is 5.89. The van der Waals surface area contributed by atoms with Crippen molar-refractivity contribution in [2.75, 3.05) is 0 Å². The fourth-order valence-corrected chi connectivity index (χ4v) is 2.77. The zero-order chi connectivity index (χ0) is 15.5. The summed E-state index contributed by atoms with van der Waals surface area (Å²) >= 11 is 1.52. The third kappa shape index (κ3) is 3.23. The zero-order valence-electron chi connectivity index (χ0n) is 12.2. The third-order valence-electron chi connectivity index (χ3n) is 2.99. The van der Waals surface area contributed by atoms with Gasteiger partial charge in [-0.05, 0) is 37.4 Å². The van der Waals surface area contributed by atoms with Crippen LogP contribution >= 0.6 is 11.3 Å². The normalized spacial score (nSPS) is 10.6. The minimum absolute atomic E-state index is 0.0375. The Kier molecular flexibility index (Phi) is 4.02. The maximum Gasteiger partial charge on any atom is 0.338 e. The van der Waals surface area contributed by atoms with Gasteiger partial charge < -0.3 is 9.26 Å². The summed E-state index contributed by atoms with van der Waals surface area (Å²) in [5, 5.41) is 5.81. The van der Waals surface area contributed by atoms with Crippen molar-refractivity contribution in [2.45, 2.75) is 20.5 Å². The molecule has 2 heterocycles. The summed E-state index contributed by atoms with van der Waals surface area (Å²) in [6, 6.07) is 9.40. The highest BCUT2D eigenvalue weighted by Crippen LogP contribution is 2.21. The Morgan fingerprint density at radius 2 is 2.05 bits per heavy atom. The smallest absolute Gasteiger partial charge is 0.338 e. The number of benzene rings is 1. The summed E-state index contributed by atoms with van der Waals surface area (Å²) in [5.74, 6) is 0.385. The molecule has 0 amide bonds. The monoisotopic (exact) mass is 314 g/mol. The number of hydrogen-bond acceptors (Lipinski definition) is 6. The van der Waals surface area contributed by atoms with E-state index in [1.807, 2.05) is 37.4 Å². The van der Waals surface area contributed by atoms with Gasteiger partial charge >= 0.3 is 5.97 Å². The number of aromatic nitrogens is 2. The van der Waals surface area contributed by atoms with E-state index in [0.29, 0.717) is 11.4 Å². The van der Waals surface area contributed by atoms with E-state index in [1.54, 1.807) is 12.1 Å². The number of hydrogen-bond donors (Lipinski definition) is 0.